The Morgan fingerprint density at radius 3 is 2.61 bits per heavy atom. The van der Waals surface area contributed by atoms with E-state index in [2.05, 4.69) is 31.4 Å². The van der Waals surface area contributed by atoms with Crippen molar-refractivity contribution in [2.24, 2.45) is 0 Å². The maximum atomic E-state index is 12.6. The Labute approximate surface area is 214 Å². The van der Waals surface area contributed by atoms with E-state index in [1.54, 1.807) is 23.1 Å². The number of anilines is 1. The van der Waals surface area contributed by atoms with Crippen molar-refractivity contribution in [2.45, 2.75) is 26.9 Å². The van der Waals surface area contributed by atoms with E-state index in [0.717, 1.165) is 5.56 Å². The first-order valence-corrected chi connectivity index (χ1v) is 11.8. The molecule has 1 aromatic carbocycles. The maximum absolute atomic E-state index is 12.6. The number of carbonyl (C=O) groups is 1. The number of rotatable bonds is 11. The zero-order valence-electron chi connectivity index (χ0n) is 19.5. The number of amides is 1. The van der Waals surface area contributed by atoms with Crippen molar-refractivity contribution in [3.05, 3.63) is 80.6 Å². The third-order valence-corrected chi connectivity index (χ3v) is 5.48. The summed E-state index contributed by atoms with van der Waals surface area (Å²) in [6.45, 7) is 5.49. The van der Waals surface area contributed by atoms with Crippen molar-refractivity contribution in [3.63, 3.8) is 0 Å². The molecule has 0 spiro atoms. The van der Waals surface area contributed by atoms with Crippen molar-refractivity contribution in [3.8, 4) is 11.5 Å². The molecular formula is C23H23BrN6O6. The van der Waals surface area contributed by atoms with Crippen LogP contribution < -0.4 is 14.8 Å². The van der Waals surface area contributed by atoms with Gasteiger partial charge in [-0.3, -0.25) is 9.48 Å². The molecule has 1 N–H and O–H groups in total. The largest absolute Gasteiger partial charge is 0.490 e. The Balaban J connectivity index is 1.38. The first-order chi connectivity index (χ1) is 17.4. The molecule has 0 aliphatic rings. The van der Waals surface area contributed by atoms with Crippen molar-refractivity contribution in [1.29, 1.82) is 0 Å². The van der Waals surface area contributed by atoms with Crippen LogP contribution in [0.2, 0.25) is 0 Å². The molecule has 1 amide bonds. The van der Waals surface area contributed by atoms with E-state index >= 15 is 0 Å². The molecule has 3 aromatic heterocycles. The SMILES string of the molecule is CCOc1ccc(Cn2cc(NC(=O)c3ccc(Cn4cc(Br)c([N+](=O)[O-])n4)o3)cn2)cc1OCC. The van der Waals surface area contributed by atoms with Gasteiger partial charge in [-0.05, 0) is 64.5 Å². The summed E-state index contributed by atoms with van der Waals surface area (Å²) in [6, 6.07) is 8.85. The molecule has 36 heavy (non-hydrogen) atoms. The number of furan rings is 1. The average molecular weight is 559 g/mol. The van der Waals surface area contributed by atoms with Gasteiger partial charge >= 0.3 is 5.82 Å². The van der Waals surface area contributed by atoms with Crippen LogP contribution in [0.1, 0.15) is 35.7 Å². The fourth-order valence-electron chi connectivity index (χ4n) is 3.42. The predicted octanol–water partition coefficient (Wildman–Crippen LogP) is 4.49. The normalized spacial score (nSPS) is 10.9. The zero-order chi connectivity index (χ0) is 25.7. The third-order valence-electron chi connectivity index (χ3n) is 4.92. The monoisotopic (exact) mass is 558 g/mol. The highest BCUT2D eigenvalue weighted by atomic mass is 79.9. The number of hydrogen-bond donors (Lipinski definition) is 1. The second-order valence-corrected chi connectivity index (χ2v) is 8.40. The first-order valence-electron chi connectivity index (χ1n) is 11.0. The molecule has 0 aliphatic carbocycles. The van der Waals surface area contributed by atoms with Crippen molar-refractivity contribution in [2.75, 3.05) is 18.5 Å². The van der Waals surface area contributed by atoms with E-state index < -0.39 is 10.8 Å². The smallest absolute Gasteiger partial charge is 0.404 e. The minimum absolute atomic E-state index is 0.0892. The second kappa shape index (κ2) is 11.1. The molecule has 0 unspecified atom stereocenters. The van der Waals surface area contributed by atoms with Crippen molar-refractivity contribution >= 4 is 33.3 Å². The fraction of sp³-hybridized carbons (Fsp3) is 0.261. The molecule has 4 aromatic rings. The summed E-state index contributed by atoms with van der Waals surface area (Å²) in [5.41, 5.74) is 1.46. The fourth-order valence-corrected chi connectivity index (χ4v) is 3.88. The van der Waals surface area contributed by atoms with E-state index in [-0.39, 0.29) is 22.6 Å². The van der Waals surface area contributed by atoms with Crippen LogP contribution in [0.4, 0.5) is 11.5 Å². The van der Waals surface area contributed by atoms with E-state index in [1.807, 2.05) is 32.0 Å². The van der Waals surface area contributed by atoms with E-state index in [0.29, 0.717) is 42.7 Å². The van der Waals surface area contributed by atoms with E-state index in [1.165, 1.54) is 16.9 Å². The first kappa shape index (κ1) is 25.0. The molecule has 13 heteroatoms. The Morgan fingerprint density at radius 1 is 1.11 bits per heavy atom. The van der Waals surface area contributed by atoms with Crippen LogP contribution in [-0.2, 0) is 13.1 Å². The third kappa shape index (κ3) is 5.92. The molecule has 0 radical (unpaired) electrons. The van der Waals surface area contributed by atoms with Gasteiger partial charge in [0.15, 0.2) is 17.3 Å². The van der Waals surface area contributed by atoms with Crippen LogP contribution in [0, 0.1) is 10.1 Å². The lowest BCUT2D eigenvalue weighted by Gasteiger charge is -2.12. The van der Waals surface area contributed by atoms with Gasteiger partial charge in [0, 0.05) is 6.20 Å². The molecule has 0 aliphatic heterocycles. The average Bonchev–Trinajstić information content (AvgIpc) is 3.57. The Hall–Kier alpha value is -4.13. The van der Waals surface area contributed by atoms with Crippen LogP contribution in [0.15, 0.2) is 57.8 Å². The summed E-state index contributed by atoms with van der Waals surface area (Å²) in [6.07, 6.45) is 4.72. The molecule has 4 rings (SSSR count). The molecule has 188 valence electrons. The number of benzene rings is 1. The topological polar surface area (TPSA) is 139 Å². The molecule has 0 bridgehead atoms. The lowest BCUT2D eigenvalue weighted by atomic mass is 10.2. The zero-order valence-corrected chi connectivity index (χ0v) is 21.1. The van der Waals surface area contributed by atoms with Gasteiger partial charge in [-0.25, -0.2) is 0 Å². The summed E-state index contributed by atoms with van der Waals surface area (Å²) in [4.78, 5) is 23.0. The van der Waals surface area contributed by atoms with Gasteiger partial charge in [-0.1, -0.05) is 6.07 Å². The minimum Gasteiger partial charge on any atom is -0.490 e. The van der Waals surface area contributed by atoms with Gasteiger partial charge in [0.25, 0.3) is 5.91 Å². The Kier molecular flexibility index (Phi) is 7.68. The highest BCUT2D eigenvalue weighted by Gasteiger charge is 2.20. The molecule has 0 saturated heterocycles. The standard InChI is InChI=1S/C23H23BrN6O6/c1-3-34-19-7-5-15(9-21(19)35-4-2)11-28-12-16(10-25-28)26-23(31)20-8-6-17(36-20)13-29-14-18(24)22(27-29)30(32)33/h5-10,12,14H,3-4,11,13H2,1-2H3,(H,26,31). The van der Waals surface area contributed by atoms with Gasteiger partial charge in [0.05, 0.1) is 42.9 Å². The van der Waals surface area contributed by atoms with Crippen molar-refractivity contribution < 1.29 is 23.6 Å². The summed E-state index contributed by atoms with van der Waals surface area (Å²) >= 11 is 3.10. The van der Waals surface area contributed by atoms with Gasteiger partial charge < -0.3 is 29.3 Å². The van der Waals surface area contributed by atoms with Gasteiger partial charge in [-0.2, -0.15) is 9.78 Å². The van der Waals surface area contributed by atoms with Crippen LogP contribution in [0.3, 0.4) is 0 Å². The molecule has 0 fully saturated rings. The maximum Gasteiger partial charge on any atom is 0.404 e. The van der Waals surface area contributed by atoms with Crippen LogP contribution in [0.25, 0.3) is 0 Å². The highest BCUT2D eigenvalue weighted by molar-refractivity contribution is 9.10. The van der Waals surface area contributed by atoms with Crippen LogP contribution in [-0.4, -0.2) is 43.6 Å². The number of hydrogen-bond acceptors (Lipinski definition) is 8. The molecule has 0 atom stereocenters. The molecule has 0 saturated carbocycles. The number of nitro groups is 1. The van der Waals surface area contributed by atoms with Gasteiger partial charge in [0.1, 0.15) is 16.8 Å². The summed E-state index contributed by atoms with van der Waals surface area (Å²) in [7, 11) is 0. The summed E-state index contributed by atoms with van der Waals surface area (Å²) < 4.78 is 20.2. The number of halogens is 1. The number of nitrogens with zero attached hydrogens (tertiary/aromatic N) is 5. The number of carbonyl (C=O) groups excluding carboxylic acids is 1. The number of aromatic nitrogens is 4. The molecule has 3 heterocycles. The van der Waals surface area contributed by atoms with Crippen LogP contribution in [0.5, 0.6) is 11.5 Å². The number of ether oxygens (including phenoxy) is 2. The lowest BCUT2D eigenvalue weighted by Crippen LogP contribution is -2.10. The lowest BCUT2D eigenvalue weighted by molar-refractivity contribution is -0.390. The second-order valence-electron chi connectivity index (χ2n) is 7.55. The van der Waals surface area contributed by atoms with Crippen molar-refractivity contribution in [1.82, 2.24) is 19.6 Å². The Bertz CT molecular complexity index is 1380. The van der Waals surface area contributed by atoms with Crippen LogP contribution >= 0.6 is 15.9 Å². The van der Waals surface area contributed by atoms with E-state index in [9.17, 15) is 14.9 Å². The van der Waals surface area contributed by atoms with Gasteiger partial charge in [0.2, 0.25) is 0 Å². The minimum atomic E-state index is -0.588. The predicted molar refractivity (Wildman–Crippen MR) is 132 cm³/mol. The number of nitrogens with one attached hydrogen (secondary N) is 1. The summed E-state index contributed by atoms with van der Waals surface area (Å²) in [5, 5.41) is 21.9. The van der Waals surface area contributed by atoms with E-state index in [4.69, 9.17) is 13.9 Å². The highest BCUT2D eigenvalue weighted by Crippen LogP contribution is 2.29. The Morgan fingerprint density at radius 2 is 1.89 bits per heavy atom. The molecule has 12 nitrogen and oxygen atoms in total. The quantitative estimate of drug-likeness (QED) is 0.210. The van der Waals surface area contributed by atoms with Gasteiger partial charge in [-0.15, -0.1) is 0 Å². The molecular weight excluding hydrogens is 536 g/mol. The summed E-state index contributed by atoms with van der Waals surface area (Å²) in [5.74, 6) is 1.12.